The van der Waals surface area contributed by atoms with Crippen LogP contribution in [0.2, 0.25) is 0 Å². The van der Waals surface area contributed by atoms with Crippen molar-refractivity contribution in [1.29, 1.82) is 0 Å². The molecule has 0 saturated heterocycles. The highest BCUT2D eigenvalue weighted by molar-refractivity contribution is 6.05. The summed E-state index contributed by atoms with van der Waals surface area (Å²) in [6.07, 6.45) is 0. The van der Waals surface area contributed by atoms with E-state index in [1.165, 1.54) is 0 Å². The first kappa shape index (κ1) is 13.0. The lowest BCUT2D eigenvalue weighted by molar-refractivity contribution is 0.256. The third-order valence-electron chi connectivity index (χ3n) is 4.07. The normalized spacial score (nSPS) is 15.8. The maximum atomic E-state index is 12.6. The van der Waals surface area contributed by atoms with Crippen LogP contribution in [0.1, 0.15) is 0 Å². The maximum absolute atomic E-state index is 12.6. The van der Waals surface area contributed by atoms with Crippen LogP contribution in [0, 0.1) is 0 Å². The predicted octanol–water partition coefficient (Wildman–Crippen LogP) is 2.94. The second-order valence-corrected chi connectivity index (χ2v) is 5.41. The van der Waals surface area contributed by atoms with E-state index < -0.39 is 0 Å². The van der Waals surface area contributed by atoms with Crippen LogP contribution in [0.25, 0.3) is 0 Å². The van der Waals surface area contributed by atoms with Crippen LogP contribution in [0.15, 0.2) is 48.5 Å². The third kappa shape index (κ3) is 2.15. The highest BCUT2D eigenvalue weighted by atomic mass is 16.5. The average Bonchev–Trinajstić information content (AvgIpc) is 2.56. The van der Waals surface area contributed by atoms with E-state index >= 15 is 0 Å². The summed E-state index contributed by atoms with van der Waals surface area (Å²) in [6.45, 7) is 3.08. The predicted molar refractivity (Wildman–Crippen MR) is 87.0 cm³/mol. The zero-order valence-corrected chi connectivity index (χ0v) is 12.2. The topological polar surface area (TPSA) is 44.8 Å². The highest BCUT2D eigenvalue weighted by Crippen LogP contribution is 2.42. The number of benzene rings is 2. The van der Waals surface area contributed by atoms with Crippen LogP contribution in [0.4, 0.5) is 21.9 Å². The minimum atomic E-state index is -0.107. The summed E-state index contributed by atoms with van der Waals surface area (Å²) in [4.78, 5) is 16.7. The number of amides is 2. The molecule has 112 valence electrons. The number of rotatable bonds is 1. The second kappa shape index (κ2) is 5.26. The van der Waals surface area contributed by atoms with Crippen LogP contribution in [0.5, 0.6) is 5.75 Å². The Labute approximate surface area is 129 Å². The standard InChI is InChI=1S/C17H17N3O2/c21-17(18-13-5-2-1-3-6-13)20-10-9-19-11-12-22-15-8-4-7-14(20)16(15)19/h1-8H,9-12H2,(H,18,21). The maximum Gasteiger partial charge on any atom is 0.326 e. The molecule has 2 heterocycles. The van der Waals surface area contributed by atoms with E-state index in [1.54, 1.807) is 4.90 Å². The van der Waals surface area contributed by atoms with Gasteiger partial charge in [0.1, 0.15) is 18.0 Å². The van der Waals surface area contributed by atoms with Crippen molar-refractivity contribution in [1.82, 2.24) is 0 Å². The van der Waals surface area contributed by atoms with Crippen molar-refractivity contribution >= 4 is 23.1 Å². The number of hydrogen-bond donors (Lipinski definition) is 1. The van der Waals surface area contributed by atoms with Gasteiger partial charge >= 0.3 is 6.03 Å². The molecule has 2 amide bonds. The summed E-state index contributed by atoms with van der Waals surface area (Å²) >= 11 is 0. The van der Waals surface area contributed by atoms with Gasteiger partial charge in [-0.05, 0) is 24.3 Å². The van der Waals surface area contributed by atoms with Gasteiger partial charge in [0, 0.05) is 18.8 Å². The zero-order chi connectivity index (χ0) is 14.9. The molecule has 5 heteroatoms. The minimum Gasteiger partial charge on any atom is -0.489 e. The number of ether oxygens (including phenoxy) is 1. The van der Waals surface area contributed by atoms with E-state index in [2.05, 4.69) is 10.2 Å². The van der Waals surface area contributed by atoms with Gasteiger partial charge in [0.2, 0.25) is 0 Å². The molecule has 2 aromatic rings. The van der Waals surface area contributed by atoms with E-state index in [0.717, 1.165) is 35.9 Å². The molecule has 0 aliphatic carbocycles. The number of nitrogens with one attached hydrogen (secondary N) is 1. The van der Waals surface area contributed by atoms with Gasteiger partial charge in [-0.3, -0.25) is 4.90 Å². The molecular formula is C17H17N3O2. The quantitative estimate of drug-likeness (QED) is 0.880. The number of urea groups is 1. The molecule has 0 fully saturated rings. The van der Waals surface area contributed by atoms with E-state index in [1.807, 2.05) is 48.5 Å². The number of nitrogens with zero attached hydrogens (tertiary/aromatic N) is 2. The number of para-hydroxylation sites is 2. The van der Waals surface area contributed by atoms with Crippen molar-refractivity contribution < 1.29 is 9.53 Å². The highest BCUT2D eigenvalue weighted by Gasteiger charge is 2.31. The molecule has 4 rings (SSSR count). The molecule has 2 aromatic carbocycles. The van der Waals surface area contributed by atoms with E-state index in [-0.39, 0.29) is 6.03 Å². The summed E-state index contributed by atoms with van der Waals surface area (Å²) < 4.78 is 5.72. The lowest BCUT2D eigenvalue weighted by Crippen LogP contribution is -2.48. The fourth-order valence-corrected chi connectivity index (χ4v) is 3.03. The van der Waals surface area contributed by atoms with Gasteiger partial charge in [0.05, 0.1) is 12.2 Å². The first-order valence-electron chi connectivity index (χ1n) is 7.47. The minimum absolute atomic E-state index is 0.107. The summed E-state index contributed by atoms with van der Waals surface area (Å²) in [5, 5.41) is 2.95. The Hall–Kier alpha value is -2.69. The van der Waals surface area contributed by atoms with Gasteiger partial charge in [0.25, 0.3) is 0 Å². The van der Waals surface area contributed by atoms with Crippen LogP contribution in [0.3, 0.4) is 0 Å². The van der Waals surface area contributed by atoms with Gasteiger partial charge in [-0.2, -0.15) is 0 Å². The summed E-state index contributed by atoms with van der Waals surface area (Å²) in [6, 6.07) is 15.3. The van der Waals surface area contributed by atoms with Crippen LogP contribution in [-0.2, 0) is 0 Å². The van der Waals surface area contributed by atoms with Crippen LogP contribution in [-0.4, -0.2) is 32.3 Å². The molecule has 1 N–H and O–H groups in total. The van der Waals surface area contributed by atoms with Gasteiger partial charge in [-0.15, -0.1) is 0 Å². The largest absolute Gasteiger partial charge is 0.489 e. The number of anilines is 3. The summed E-state index contributed by atoms with van der Waals surface area (Å²) in [5.41, 5.74) is 2.75. The molecule has 0 spiro atoms. The Morgan fingerprint density at radius 3 is 2.73 bits per heavy atom. The van der Waals surface area contributed by atoms with E-state index in [4.69, 9.17) is 4.74 Å². The smallest absolute Gasteiger partial charge is 0.326 e. The van der Waals surface area contributed by atoms with E-state index in [9.17, 15) is 4.79 Å². The Morgan fingerprint density at radius 2 is 1.86 bits per heavy atom. The SMILES string of the molecule is O=C(Nc1ccccc1)N1CCN2CCOc3cccc1c32. The molecule has 5 nitrogen and oxygen atoms in total. The van der Waals surface area contributed by atoms with Gasteiger partial charge in [0.15, 0.2) is 0 Å². The van der Waals surface area contributed by atoms with Gasteiger partial charge < -0.3 is 15.0 Å². The van der Waals surface area contributed by atoms with Crippen molar-refractivity contribution in [2.24, 2.45) is 0 Å². The fourth-order valence-electron chi connectivity index (χ4n) is 3.03. The van der Waals surface area contributed by atoms with Crippen molar-refractivity contribution in [3.8, 4) is 5.75 Å². The number of carbonyl (C=O) groups is 1. The van der Waals surface area contributed by atoms with Crippen molar-refractivity contribution in [3.63, 3.8) is 0 Å². The molecule has 0 aromatic heterocycles. The van der Waals surface area contributed by atoms with E-state index in [0.29, 0.717) is 13.2 Å². The molecule has 2 aliphatic rings. The summed E-state index contributed by atoms with van der Waals surface area (Å²) in [7, 11) is 0. The van der Waals surface area contributed by atoms with Crippen molar-refractivity contribution in [2.75, 3.05) is 41.4 Å². The molecule has 0 saturated carbocycles. The third-order valence-corrected chi connectivity index (χ3v) is 4.07. The lowest BCUT2D eigenvalue weighted by Gasteiger charge is -2.40. The van der Waals surface area contributed by atoms with Crippen molar-refractivity contribution in [2.45, 2.75) is 0 Å². The molecule has 0 atom stereocenters. The van der Waals surface area contributed by atoms with Crippen molar-refractivity contribution in [3.05, 3.63) is 48.5 Å². The van der Waals surface area contributed by atoms with Gasteiger partial charge in [-0.25, -0.2) is 4.79 Å². The number of hydrogen-bond acceptors (Lipinski definition) is 3. The zero-order valence-electron chi connectivity index (χ0n) is 12.2. The molecule has 2 aliphatic heterocycles. The first-order chi connectivity index (χ1) is 10.8. The average molecular weight is 295 g/mol. The first-order valence-corrected chi connectivity index (χ1v) is 7.47. The summed E-state index contributed by atoms with van der Waals surface area (Å²) in [5.74, 6) is 0.862. The Kier molecular flexibility index (Phi) is 3.11. The Bertz CT molecular complexity index is 702. The molecule has 22 heavy (non-hydrogen) atoms. The fraction of sp³-hybridized carbons (Fsp3) is 0.235. The second-order valence-electron chi connectivity index (χ2n) is 5.41. The molecule has 0 bridgehead atoms. The monoisotopic (exact) mass is 295 g/mol. The van der Waals surface area contributed by atoms with Gasteiger partial charge in [-0.1, -0.05) is 24.3 Å². The Morgan fingerprint density at radius 1 is 1.00 bits per heavy atom. The van der Waals surface area contributed by atoms with Crippen LogP contribution < -0.4 is 19.9 Å². The molecular weight excluding hydrogens is 278 g/mol. The number of carbonyl (C=O) groups excluding carboxylic acids is 1. The molecule has 0 radical (unpaired) electrons. The van der Waals surface area contributed by atoms with Crippen LogP contribution >= 0.6 is 0 Å². The molecule has 0 unspecified atom stereocenters. The lowest BCUT2D eigenvalue weighted by atomic mass is 10.1. The Balaban J connectivity index is 1.65.